The Kier molecular flexibility index (Phi) is 3.23. The van der Waals surface area contributed by atoms with Gasteiger partial charge in [-0.1, -0.05) is 19.9 Å². The highest BCUT2D eigenvalue weighted by molar-refractivity contribution is 6.00. The van der Waals surface area contributed by atoms with Crippen molar-refractivity contribution in [3.8, 4) is 11.8 Å². The maximum Gasteiger partial charge on any atom is 0.268 e. The molecule has 4 nitrogen and oxygen atoms in total. The maximum atomic E-state index is 11.8. The molecule has 1 aliphatic heterocycles. The Bertz CT molecular complexity index is 556. The average molecular weight is 258 g/mol. The number of hydrogen-bond acceptors (Lipinski definition) is 3. The van der Waals surface area contributed by atoms with Crippen LogP contribution in [0.2, 0.25) is 0 Å². The SMILES string of the molecule is CC(C)C(C#N)c1ccc2c(c1)OC(C)(C)C(=O)N2. The molecule has 2 rings (SSSR count). The minimum absolute atomic E-state index is 0.159. The summed E-state index contributed by atoms with van der Waals surface area (Å²) in [5, 5.41) is 12.1. The number of amides is 1. The average Bonchev–Trinajstić information content (AvgIpc) is 2.31. The van der Waals surface area contributed by atoms with Crippen molar-refractivity contribution < 1.29 is 9.53 Å². The normalized spacial score (nSPS) is 18.0. The Hall–Kier alpha value is -2.02. The number of benzene rings is 1. The number of hydrogen-bond donors (Lipinski definition) is 1. The fraction of sp³-hybridized carbons (Fsp3) is 0.467. The molecule has 0 aromatic heterocycles. The molecule has 1 atom stereocenters. The summed E-state index contributed by atoms with van der Waals surface area (Å²) in [5.41, 5.74) is 0.697. The number of anilines is 1. The lowest BCUT2D eigenvalue weighted by Crippen LogP contribution is -2.45. The molecule has 0 saturated carbocycles. The number of nitriles is 1. The summed E-state index contributed by atoms with van der Waals surface area (Å²) in [4.78, 5) is 11.8. The molecule has 1 unspecified atom stereocenters. The summed E-state index contributed by atoms with van der Waals surface area (Å²) >= 11 is 0. The van der Waals surface area contributed by atoms with Gasteiger partial charge in [-0.2, -0.15) is 5.26 Å². The number of nitrogens with one attached hydrogen (secondary N) is 1. The van der Waals surface area contributed by atoms with Gasteiger partial charge in [0.05, 0.1) is 17.7 Å². The molecular weight excluding hydrogens is 240 g/mol. The van der Waals surface area contributed by atoms with Gasteiger partial charge in [0.1, 0.15) is 5.75 Å². The van der Waals surface area contributed by atoms with Crippen molar-refractivity contribution in [3.05, 3.63) is 23.8 Å². The van der Waals surface area contributed by atoms with E-state index < -0.39 is 5.60 Å². The highest BCUT2D eigenvalue weighted by Crippen LogP contribution is 2.37. The van der Waals surface area contributed by atoms with Gasteiger partial charge in [-0.25, -0.2) is 0 Å². The lowest BCUT2D eigenvalue weighted by molar-refractivity contribution is -0.129. The van der Waals surface area contributed by atoms with Gasteiger partial charge >= 0.3 is 0 Å². The van der Waals surface area contributed by atoms with Crippen molar-refractivity contribution in [2.24, 2.45) is 5.92 Å². The van der Waals surface area contributed by atoms with Crippen molar-refractivity contribution in [1.29, 1.82) is 5.26 Å². The van der Waals surface area contributed by atoms with Crippen LogP contribution in [0.25, 0.3) is 0 Å². The second kappa shape index (κ2) is 4.58. The van der Waals surface area contributed by atoms with Crippen molar-refractivity contribution in [1.82, 2.24) is 0 Å². The topological polar surface area (TPSA) is 62.1 Å². The van der Waals surface area contributed by atoms with Crippen molar-refractivity contribution in [2.75, 3.05) is 5.32 Å². The zero-order chi connectivity index (χ0) is 14.2. The van der Waals surface area contributed by atoms with Crippen LogP contribution >= 0.6 is 0 Å². The molecule has 1 heterocycles. The Balaban J connectivity index is 2.40. The smallest absolute Gasteiger partial charge is 0.268 e. The minimum atomic E-state index is -0.883. The van der Waals surface area contributed by atoms with E-state index in [1.807, 2.05) is 26.0 Å². The number of carbonyl (C=O) groups excluding carboxylic acids is 1. The van der Waals surface area contributed by atoms with Gasteiger partial charge < -0.3 is 10.1 Å². The first-order valence-electron chi connectivity index (χ1n) is 6.39. The van der Waals surface area contributed by atoms with E-state index in [-0.39, 0.29) is 17.7 Å². The van der Waals surface area contributed by atoms with Gasteiger partial charge in [0.2, 0.25) is 0 Å². The summed E-state index contributed by atoms with van der Waals surface area (Å²) in [7, 11) is 0. The molecule has 19 heavy (non-hydrogen) atoms. The molecule has 0 fully saturated rings. The third-order valence-electron chi connectivity index (χ3n) is 3.33. The van der Waals surface area contributed by atoms with E-state index in [1.165, 1.54) is 0 Å². The summed E-state index contributed by atoms with van der Waals surface area (Å²) in [6.07, 6.45) is 0. The molecule has 0 radical (unpaired) electrons. The van der Waals surface area contributed by atoms with Crippen LogP contribution in [-0.2, 0) is 4.79 Å². The van der Waals surface area contributed by atoms with Gasteiger partial charge in [0.25, 0.3) is 5.91 Å². The molecule has 0 saturated heterocycles. The second-order valence-corrected chi connectivity index (χ2v) is 5.67. The molecule has 1 aromatic rings. The van der Waals surface area contributed by atoms with E-state index in [9.17, 15) is 10.1 Å². The van der Waals surface area contributed by atoms with Crippen LogP contribution in [0.1, 0.15) is 39.2 Å². The Morgan fingerprint density at radius 3 is 2.63 bits per heavy atom. The van der Waals surface area contributed by atoms with Crippen molar-refractivity contribution >= 4 is 11.6 Å². The molecular formula is C15H18N2O2. The highest BCUT2D eigenvalue weighted by Gasteiger charge is 2.35. The van der Waals surface area contributed by atoms with E-state index in [0.29, 0.717) is 11.4 Å². The van der Waals surface area contributed by atoms with Crippen LogP contribution in [-0.4, -0.2) is 11.5 Å². The molecule has 100 valence electrons. The van der Waals surface area contributed by atoms with E-state index in [4.69, 9.17) is 4.74 Å². The van der Waals surface area contributed by atoms with Crippen LogP contribution in [0, 0.1) is 17.2 Å². The largest absolute Gasteiger partial charge is 0.476 e. The molecule has 1 aliphatic rings. The van der Waals surface area contributed by atoms with E-state index >= 15 is 0 Å². The van der Waals surface area contributed by atoms with Crippen molar-refractivity contribution in [2.45, 2.75) is 39.2 Å². The van der Waals surface area contributed by atoms with Crippen LogP contribution in [0.15, 0.2) is 18.2 Å². The third-order valence-corrected chi connectivity index (χ3v) is 3.33. The minimum Gasteiger partial charge on any atom is -0.476 e. The van der Waals surface area contributed by atoms with Gasteiger partial charge in [-0.15, -0.1) is 0 Å². The predicted molar refractivity (Wildman–Crippen MR) is 73.0 cm³/mol. The standard InChI is InChI=1S/C15H18N2O2/c1-9(2)11(8-16)10-5-6-12-13(7-10)19-15(3,4)14(18)17-12/h5-7,9,11H,1-4H3,(H,17,18). The number of carbonyl (C=O) groups is 1. The first kappa shape index (κ1) is 13.4. The molecule has 4 heteroatoms. The summed E-state index contributed by atoms with van der Waals surface area (Å²) in [5.74, 6) is 0.528. The van der Waals surface area contributed by atoms with E-state index in [2.05, 4.69) is 11.4 Å². The molecule has 0 spiro atoms. The quantitative estimate of drug-likeness (QED) is 0.886. The lowest BCUT2D eigenvalue weighted by atomic mass is 9.89. The van der Waals surface area contributed by atoms with Crippen LogP contribution in [0.4, 0.5) is 5.69 Å². The fourth-order valence-corrected chi connectivity index (χ4v) is 2.12. The van der Waals surface area contributed by atoms with Crippen LogP contribution in [0.3, 0.4) is 0 Å². The molecule has 1 N–H and O–H groups in total. The molecule has 0 bridgehead atoms. The molecule has 0 aliphatic carbocycles. The second-order valence-electron chi connectivity index (χ2n) is 5.67. The Morgan fingerprint density at radius 2 is 2.05 bits per heavy atom. The van der Waals surface area contributed by atoms with Gasteiger partial charge in [-0.05, 0) is 37.5 Å². The zero-order valence-electron chi connectivity index (χ0n) is 11.7. The van der Waals surface area contributed by atoms with Crippen molar-refractivity contribution in [3.63, 3.8) is 0 Å². The number of fused-ring (bicyclic) bond motifs is 1. The summed E-state index contributed by atoms with van der Waals surface area (Å²) in [6.45, 7) is 7.48. The van der Waals surface area contributed by atoms with Gasteiger partial charge in [-0.3, -0.25) is 4.79 Å². The molecule has 1 amide bonds. The zero-order valence-corrected chi connectivity index (χ0v) is 11.7. The van der Waals surface area contributed by atoms with Gasteiger partial charge in [0.15, 0.2) is 5.60 Å². The number of ether oxygens (including phenoxy) is 1. The van der Waals surface area contributed by atoms with Crippen LogP contribution in [0.5, 0.6) is 5.75 Å². The molecule has 1 aromatic carbocycles. The Morgan fingerprint density at radius 1 is 1.37 bits per heavy atom. The fourth-order valence-electron chi connectivity index (χ4n) is 2.12. The number of rotatable bonds is 2. The maximum absolute atomic E-state index is 11.8. The summed E-state index contributed by atoms with van der Waals surface area (Å²) in [6, 6.07) is 7.83. The Labute approximate surface area is 113 Å². The van der Waals surface area contributed by atoms with Crippen LogP contribution < -0.4 is 10.1 Å². The third kappa shape index (κ3) is 2.41. The first-order valence-corrected chi connectivity index (χ1v) is 6.39. The lowest BCUT2D eigenvalue weighted by Gasteiger charge is -2.32. The monoisotopic (exact) mass is 258 g/mol. The summed E-state index contributed by atoms with van der Waals surface area (Å²) < 4.78 is 5.73. The number of nitrogens with zero attached hydrogens (tertiary/aromatic N) is 1. The van der Waals surface area contributed by atoms with E-state index in [1.54, 1.807) is 19.9 Å². The van der Waals surface area contributed by atoms with Gasteiger partial charge in [0, 0.05) is 0 Å². The predicted octanol–water partition coefficient (Wildman–Crippen LogP) is 3.06. The first-order chi connectivity index (χ1) is 8.85. The highest BCUT2D eigenvalue weighted by atomic mass is 16.5. The van der Waals surface area contributed by atoms with E-state index in [0.717, 1.165) is 5.56 Å².